The molecule has 0 aliphatic carbocycles. The van der Waals surface area contributed by atoms with E-state index in [0.29, 0.717) is 11.6 Å². The van der Waals surface area contributed by atoms with Gasteiger partial charge in [-0.25, -0.2) is 4.98 Å². The molecule has 1 N–H and O–H groups in total. The van der Waals surface area contributed by atoms with Gasteiger partial charge < -0.3 is 10.1 Å². The molecule has 0 spiro atoms. The number of hydrogen-bond donors (Lipinski definition) is 1. The zero-order chi connectivity index (χ0) is 14.5. The molecule has 5 nitrogen and oxygen atoms in total. The number of imidazole rings is 1. The van der Waals surface area contributed by atoms with Crippen LogP contribution in [0.1, 0.15) is 26.0 Å². The predicted octanol–water partition coefficient (Wildman–Crippen LogP) is 2.92. The number of pyridine rings is 1. The summed E-state index contributed by atoms with van der Waals surface area (Å²) in [5, 5.41) is 3.72. The number of aromatic nitrogens is 2. The minimum Gasteiger partial charge on any atom is -0.465 e. The number of nitrogens with one attached hydrogen (secondary N) is 1. The van der Waals surface area contributed by atoms with Gasteiger partial charge in [0.1, 0.15) is 18.0 Å². The van der Waals surface area contributed by atoms with Crippen LogP contribution in [0.3, 0.4) is 0 Å². The van der Waals surface area contributed by atoms with Crippen LogP contribution in [0.4, 0.5) is 5.82 Å². The summed E-state index contributed by atoms with van der Waals surface area (Å²) >= 11 is 6.02. The first-order valence-corrected chi connectivity index (χ1v) is 7.09. The molecule has 2 aromatic heterocycles. The van der Waals surface area contributed by atoms with Crippen molar-refractivity contribution in [3.05, 3.63) is 29.0 Å². The van der Waals surface area contributed by atoms with E-state index < -0.39 is 0 Å². The van der Waals surface area contributed by atoms with E-state index in [0.717, 1.165) is 30.0 Å². The van der Waals surface area contributed by atoms with Crippen LogP contribution in [-0.2, 0) is 16.0 Å². The summed E-state index contributed by atoms with van der Waals surface area (Å²) in [5.74, 6) is 0.518. The van der Waals surface area contributed by atoms with Gasteiger partial charge >= 0.3 is 5.97 Å². The third-order valence-corrected chi connectivity index (χ3v) is 3.07. The lowest BCUT2D eigenvalue weighted by Gasteiger charge is -2.08. The van der Waals surface area contributed by atoms with E-state index in [1.165, 1.54) is 0 Å². The molecule has 2 rings (SSSR count). The number of halogens is 1. The molecule has 0 aliphatic rings. The third kappa shape index (κ3) is 3.22. The monoisotopic (exact) mass is 295 g/mol. The zero-order valence-electron chi connectivity index (χ0n) is 11.6. The minimum atomic E-state index is -0.285. The summed E-state index contributed by atoms with van der Waals surface area (Å²) in [6, 6.07) is 3.66. The van der Waals surface area contributed by atoms with Crippen molar-refractivity contribution in [2.24, 2.45) is 0 Å². The van der Waals surface area contributed by atoms with Crippen LogP contribution in [-0.4, -0.2) is 28.5 Å². The Balaban J connectivity index is 2.30. The Morgan fingerprint density at radius 3 is 2.95 bits per heavy atom. The summed E-state index contributed by atoms with van der Waals surface area (Å²) < 4.78 is 6.79. The number of nitrogens with zero attached hydrogens (tertiary/aromatic N) is 2. The molecule has 108 valence electrons. The van der Waals surface area contributed by atoms with Crippen molar-refractivity contribution in [2.75, 3.05) is 18.5 Å². The Morgan fingerprint density at radius 1 is 1.45 bits per heavy atom. The van der Waals surface area contributed by atoms with Crippen LogP contribution in [0.5, 0.6) is 0 Å². The molecule has 0 amide bonds. The van der Waals surface area contributed by atoms with Crippen molar-refractivity contribution in [1.82, 2.24) is 9.38 Å². The van der Waals surface area contributed by atoms with Gasteiger partial charge in [0.2, 0.25) is 0 Å². The molecule has 20 heavy (non-hydrogen) atoms. The van der Waals surface area contributed by atoms with Gasteiger partial charge in [-0.15, -0.1) is 0 Å². The average Bonchev–Trinajstić information content (AvgIpc) is 2.74. The van der Waals surface area contributed by atoms with E-state index in [9.17, 15) is 4.79 Å². The lowest BCUT2D eigenvalue weighted by Crippen LogP contribution is -2.18. The van der Waals surface area contributed by atoms with Crippen LogP contribution < -0.4 is 5.32 Å². The van der Waals surface area contributed by atoms with E-state index in [1.807, 2.05) is 10.5 Å². The van der Waals surface area contributed by atoms with Crippen LogP contribution in [0, 0.1) is 0 Å². The number of carbonyl (C=O) groups excluding carboxylic acids is 1. The maximum absolute atomic E-state index is 11.5. The first-order chi connectivity index (χ1) is 9.65. The molecule has 0 saturated carbocycles. The van der Waals surface area contributed by atoms with Gasteiger partial charge in [-0.2, -0.15) is 0 Å². The summed E-state index contributed by atoms with van der Waals surface area (Å²) in [6.45, 7) is 4.37. The number of aryl methyl sites for hydroxylation is 1. The fraction of sp³-hybridized carbons (Fsp3) is 0.429. The molecule has 0 saturated heterocycles. The Morgan fingerprint density at radius 2 is 2.25 bits per heavy atom. The summed E-state index contributed by atoms with van der Waals surface area (Å²) in [5.41, 5.74) is 1.74. The second-order valence-corrected chi connectivity index (χ2v) is 4.83. The summed E-state index contributed by atoms with van der Waals surface area (Å²) in [7, 11) is 0. The third-order valence-electron chi connectivity index (χ3n) is 2.85. The highest BCUT2D eigenvalue weighted by atomic mass is 35.5. The minimum absolute atomic E-state index is 0.116. The van der Waals surface area contributed by atoms with Gasteiger partial charge in [0.25, 0.3) is 0 Å². The molecule has 0 atom stereocenters. The van der Waals surface area contributed by atoms with E-state index in [2.05, 4.69) is 17.2 Å². The molecule has 0 radical (unpaired) electrons. The maximum atomic E-state index is 11.5. The highest BCUT2D eigenvalue weighted by Crippen LogP contribution is 2.22. The molecule has 0 bridgehead atoms. The lowest BCUT2D eigenvalue weighted by atomic mass is 10.2. The van der Waals surface area contributed by atoms with Crippen molar-refractivity contribution < 1.29 is 9.53 Å². The Hall–Kier alpha value is -1.75. The quantitative estimate of drug-likeness (QED) is 0.833. The number of hydrogen-bond acceptors (Lipinski definition) is 4. The van der Waals surface area contributed by atoms with Crippen molar-refractivity contribution >= 4 is 29.0 Å². The Kier molecular flexibility index (Phi) is 4.84. The standard InChI is InChI=1S/C14H18ClN3O2/c1-3-5-11-14(16-8-13(19)20-4-2)18-9-10(15)6-7-12(18)17-11/h6-7,9,16H,3-5,8H2,1-2H3. The molecule has 0 aliphatic heterocycles. The lowest BCUT2D eigenvalue weighted by molar-refractivity contribution is -0.140. The second-order valence-electron chi connectivity index (χ2n) is 4.39. The number of esters is 1. The number of ether oxygens (including phenoxy) is 1. The van der Waals surface area contributed by atoms with Crippen LogP contribution in [0.15, 0.2) is 18.3 Å². The molecule has 2 aromatic rings. The van der Waals surface area contributed by atoms with Crippen molar-refractivity contribution in [3.63, 3.8) is 0 Å². The molecule has 2 heterocycles. The molecular formula is C14H18ClN3O2. The highest BCUT2D eigenvalue weighted by Gasteiger charge is 2.13. The molecule has 6 heteroatoms. The second kappa shape index (κ2) is 6.61. The molecular weight excluding hydrogens is 278 g/mol. The van der Waals surface area contributed by atoms with Crippen molar-refractivity contribution in [2.45, 2.75) is 26.7 Å². The molecule has 0 aromatic carbocycles. The van der Waals surface area contributed by atoms with Gasteiger partial charge in [-0.1, -0.05) is 24.9 Å². The average molecular weight is 296 g/mol. The fourth-order valence-electron chi connectivity index (χ4n) is 2.03. The SMILES string of the molecule is CCCc1nc2ccc(Cl)cn2c1NCC(=O)OCC. The Bertz CT molecular complexity index is 610. The van der Waals surface area contributed by atoms with Crippen LogP contribution >= 0.6 is 11.6 Å². The zero-order valence-corrected chi connectivity index (χ0v) is 12.4. The largest absolute Gasteiger partial charge is 0.465 e. The smallest absolute Gasteiger partial charge is 0.325 e. The first kappa shape index (κ1) is 14.7. The normalized spacial score (nSPS) is 10.8. The Labute approximate surface area is 122 Å². The van der Waals surface area contributed by atoms with E-state index >= 15 is 0 Å². The number of carbonyl (C=O) groups is 1. The molecule has 0 fully saturated rings. The van der Waals surface area contributed by atoms with Gasteiger partial charge in [0.15, 0.2) is 0 Å². The van der Waals surface area contributed by atoms with Crippen LogP contribution in [0.2, 0.25) is 5.02 Å². The summed E-state index contributed by atoms with van der Waals surface area (Å²) in [4.78, 5) is 16.0. The topological polar surface area (TPSA) is 55.6 Å². The first-order valence-electron chi connectivity index (χ1n) is 6.71. The predicted molar refractivity (Wildman–Crippen MR) is 79.3 cm³/mol. The van der Waals surface area contributed by atoms with E-state index in [1.54, 1.807) is 19.2 Å². The van der Waals surface area contributed by atoms with Gasteiger partial charge in [-0.3, -0.25) is 9.20 Å². The fourth-order valence-corrected chi connectivity index (χ4v) is 2.19. The number of anilines is 1. The highest BCUT2D eigenvalue weighted by molar-refractivity contribution is 6.30. The van der Waals surface area contributed by atoms with Crippen molar-refractivity contribution in [1.29, 1.82) is 0 Å². The van der Waals surface area contributed by atoms with Gasteiger partial charge in [0.05, 0.1) is 17.3 Å². The molecule has 0 unspecified atom stereocenters. The maximum Gasteiger partial charge on any atom is 0.325 e. The van der Waals surface area contributed by atoms with Crippen molar-refractivity contribution in [3.8, 4) is 0 Å². The van der Waals surface area contributed by atoms with Crippen LogP contribution in [0.25, 0.3) is 5.65 Å². The number of rotatable bonds is 6. The van der Waals surface area contributed by atoms with Gasteiger partial charge in [-0.05, 0) is 25.5 Å². The number of fused-ring (bicyclic) bond motifs is 1. The van der Waals surface area contributed by atoms with E-state index in [-0.39, 0.29) is 12.5 Å². The van der Waals surface area contributed by atoms with E-state index in [4.69, 9.17) is 16.3 Å². The summed E-state index contributed by atoms with van der Waals surface area (Å²) in [6.07, 6.45) is 3.60. The van der Waals surface area contributed by atoms with Gasteiger partial charge in [0, 0.05) is 6.20 Å².